The first-order valence-electron chi connectivity index (χ1n) is 7.82. The SMILES string of the molecule is O=C(NC12CC3CC(C1)CC(C(=O)O)(C3)C2)c1cnccn1. The van der Waals surface area contributed by atoms with Gasteiger partial charge in [0.2, 0.25) is 0 Å². The Bertz CT molecular complexity index is 617. The summed E-state index contributed by atoms with van der Waals surface area (Å²) >= 11 is 0. The van der Waals surface area contributed by atoms with Crippen LogP contribution in [0.3, 0.4) is 0 Å². The van der Waals surface area contributed by atoms with E-state index in [9.17, 15) is 14.7 Å². The van der Waals surface area contributed by atoms with Crippen molar-refractivity contribution in [3.05, 3.63) is 24.3 Å². The van der Waals surface area contributed by atoms with Gasteiger partial charge in [-0.25, -0.2) is 4.98 Å². The van der Waals surface area contributed by atoms with Crippen molar-refractivity contribution < 1.29 is 14.7 Å². The smallest absolute Gasteiger partial charge is 0.309 e. The molecule has 4 fully saturated rings. The first-order valence-corrected chi connectivity index (χ1v) is 7.82. The lowest BCUT2D eigenvalue weighted by atomic mass is 9.47. The van der Waals surface area contributed by atoms with E-state index < -0.39 is 11.4 Å². The molecular formula is C16H19N3O3. The predicted molar refractivity (Wildman–Crippen MR) is 77.0 cm³/mol. The van der Waals surface area contributed by atoms with Crippen LogP contribution in [0.15, 0.2) is 18.6 Å². The Morgan fingerprint density at radius 2 is 1.91 bits per heavy atom. The van der Waals surface area contributed by atoms with E-state index in [-0.39, 0.29) is 11.4 Å². The third kappa shape index (κ3) is 2.01. The van der Waals surface area contributed by atoms with Gasteiger partial charge in [0, 0.05) is 17.9 Å². The number of rotatable bonds is 3. The zero-order valence-corrected chi connectivity index (χ0v) is 12.3. The van der Waals surface area contributed by atoms with Gasteiger partial charge in [0.25, 0.3) is 5.91 Å². The van der Waals surface area contributed by atoms with Crippen molar-refractivity contribution in [2.45, 2.75) is 44.1 Å². The highest BCUT2D eigenvalue weighted by Gasteiger charge is 2.61. The molecule has 116 valence electrons. The van der Waals surface area contributed by atoms with Gasteiger partial charge < -0.3 is 10.4 Å². The number of hydrogen-bond acceptors (Lipinski definition) is 4. The summed E-state index contributed by atoms with van der Waals surface area (Å²) in [4.78, 5) is 32.2. The number of aromatic nitrogens is 2. The average Bonchev–Trinajstić information content (AvgIpc) is 2.46. The molecule has 6 nitrogen and oxygen atoms in total. The third-order valence-corrected chi connectivity index (χ3v) is 5.69. The summed E-state index contributed by atoms with van der Waals surface area (Å²) in [5, 5.41) is 12.8. The maximum atomic E-state index is 12.4. The Morgan fingerprint density at radius 1 is 1.18 bits per heavy atom. The molecule has 0 radical (unpaired) electrons. The standard InChI is InChI=1S/C16H19N3O3/c20-13(12-8-17-1-2-18-12)19-16-6-10-3-11(7-16)5-15(4-10,9-16)14(21)22/h1-2,8,10-11H,3-7,9H2,(H,19,20)(H,21,22). The number of carboxylic acids is 1. The minimum Gasteiger partial charge on any atom is -0.481 e. The largest absolute Gasteiger partial charge is 0.481 e. The lowest BCUT2D eigenvalue weighted by Crippen LogP contribution is -2.64. The van der Waals surface area contributed by atoms with Crippen molar-refractivity contribution in [3.8, 4) is 0 Å². The van der Waals surface area contributed by atoms with Gasteiger partial charge in [0.05, 0.1) is 11.6 Å². The molecule has 2 atom stereocenters. The second-order valence-electron chi connectivity index (χ2n) is 7.37. The quantitative estimate of drug-likeness (QED) is 0.885. The summed E-state index contributed by atoms with van der Waals surface area (Å²) in [7, 11) is 0. The molecule has 4 bridgehead atoms. The monoisotopic (exact) mass is 301 g/mol. The minimum absolute atomic E-state index is 0.240. The predicted octanol–water partition coefficient (Wildman–Crippen LogP) is 1.63. The zero-order valence-electron chi connectivity index (χ0n) is 12.3. The highest BCUT2D eigenvalue weighted by molar-refractivity contribution is 5.92. The summed E-state index contributed by atoms with van der Waals surface area (Å²) in [6, 6.07) is 0. The molecule has 6 heteroatoms. The molecule has 1 aromatic heterocycles. The Hall–Kier alpha value is -1.98. The summed E-state index contributed by atoms with van der Waals surface area (Å²) in [5.41, 5.74) is -0.723. The van der Waals surface area contributed by atoms with E-state index in [1.807, 2.05) is 0 Å². The highest BCUT2D eigenvalue weighted by Crippen LogP contribution is 2.61. The molecule has 1 amide bonds. The fraction of sp³-hybridized carbons (Fsp3) is 0.625. The first kappa shape index (κ1) is 13.7. The molecule has 4 saturated carbocycles. The maximum Gasteiger partial charge on any atom is 0.309 e. The van der Waals surface area contributed by atoms with E-state index in [0.717, 1.165) is 32.1 Å². The van der Waals surface area contributed by atoms with E-state index in [4.69, 9.17) is 0 Å². The molecule has 0 aromatic carbocycles. The van der Waals surface area contributed by atoms with E-state index in [0.29, 0.717) is 24.0 Å². The van der Waals surface area contributed by atoms with Crippen LogP contribution in [-0.2, 0) is 4.79 Å². The molecule has 0 aliphatic heterocycles. The molecule has 2 unspecified atom stereocenters. The van der Waals surface area contributed by atoms with Crippen LogP contribution in [0.25, 0.3) is 0 Å². The summed E-state index contributed by atoms with van der Waals surface area (Å²) in [5.74, 6) is -0.102. The fourth-order valence-corrected chi connectivity index (χ4v) is 5.38. The normalized spacial score (nSPS) is 38.7. The molecule has 2 N–H and O–H groups in total. The zero-order chi connectivity index (χ0) is 15.4. The van der Waals surface area contributed by atoms with Gasteiger partial charge in [0.1, 0.15) is 5.69 Å². The number of carbonyl (C=O) groups excluding carboxylic acids is 1. The van der Waals surface area contributed by atoms with E-state index >= 15 is 0 Å². The van der Waals surface area contributed by atoms with Crippen molar-refractivity contribution in [1.29, 1.82) is 0 Å². The Labute approximate surface area is 128 Å². The topological polar surface area (TPSA) is 92.2 Å². The van der Waals surface area contributed by atoms with Crippen molar-refractivity contribution in [2.75, 3.05) is 0 Å². The van der Waals surface area contributed by atoms with Gasteiger partial charge in [0.15, 0.2) is 0 Å². The van der Waals surface area contributed by atoms with Crippen LogP contribution in [0.5, 0.6) is 0 Å². The molecule has 0 saturated heterocycles. The van der Waals surface area contributed by atoms with E-state index in [1.165, 1.54) is 18.6 Å². The summed E-state index contributed by atoms with van der Waals surface area (Å²) in [6.07, 6.45) is 9.45. The third-order valence-electron chi connectivity index (χ3n) is 5.69. The molecule has 4 aliphatic rings. The van der Waals surface area contributed by atoms with Crippen LogP contribution < -0.4 is 5.32 Å². The van der Waals surface area contributed by atoms with E-state index in [1.54, 1.807) is 0 Å². The number of nitrogens with one attached hydrogen (secondary N) is 1. The van der Waals surface area contributed by atoms with Gasteiger partial charge >= 0.3 is 5.97 Å². The molecule has 5 rings (SSSR count). The van der Waals surface area contributed by atoms with Crippen molar-refractivity contribution in [1.82, 2.24) is 15.3 Å². The summed E-state index contributed by atoms with van der Waals surface area (Å²) in [6.45, 7) is 0. The fourth-order valence-electron chi connectivity index (χ4n) is 5.38. The number of carboxylic acid groups (broad SMARTS) is 1. The number of aliphatic carboxylic acids is 1. The second kappa shape index (κ2) is 4.51. The molecule has 1 aromatic rings. The van der Waals surface area contributed by atoms with Gasteiger partial charge in [-0.2, -0.15) is 0 Å². The van der Waals surface area contributed by atoms with Gasteiger partial charge in [-0.1, -0.05) is 0 Å². The number of hydrogen-bond donors (Lipinski definition) is 2. The lowest BCUT2D eigenvalue weighted by Gasteiger charge is -2.60. The van der Waals surface area contributed by atoms with Crippen LogP contribution >= 0.6 is 0 Å². The van der Waals surface area contributed by atoms with Crippen molar-refractivity contribution in [3.63, 3.8) is 0 Å². The molecule has 0 spiro atoms. The van der Waals surface area contributed by atoms with Crippen LogP contribution in [0.4, 0.5) is 0 Å². The number of amides is 1. The Kier molecular flexibility index (Phi) is 2.80. The van der Waals surface area contributed by atoms with Gasteiger partial charge in [-0.3, -0.25) is 14.6 Å². The number of nitrogens with zero attached hydrogens (tertiary/aromatic N) is 2. The Morgan fingerprint density at radius 3 is 2.50 bits per heavy atom. The second-order valence-corrected chi connectivity index (χ2v) is 7.37. The van der Waals surface area contributed by atoms with Crippen LogP contribution in [-0.4, -0.2) is 32.5 Å². The summed E-state index contributed by atoms with van der Waals surface area (Å²) < 4.78 is 0. The van der Waals surface area contributed by atoms with Crippen molar-refractivity contribution >= 4 is 11.9 Å². The van der Waals surface area contributed by atoms with E-state index in [2.05, 4.69) is 15.3 Å². The van der Waals surface area contributed by atoms with Crippen LogP contribution in [0.2, 0.25) is 0 Å². The molecule has 22 heavy (non-hydrogen) atoms. The van der Waals surface area contributed by atoms with Crippen LogP contribution in [0.1, 0.15) is 49.0 Å². The lowest BCUT2D eigenvalue weighted by molar-refractivity contribution is -0.167. The molecule has 4 aliphatic carbocycles. The molecule has 1 heterocycles. The van der Waals surface area contributed by atoms with Gasteiger partial charge in [-0.15, -0.1) is 0 Å². The maximum absolute atomic E-state index is 12.4. The first-order chi connectivity index (χ1) is 10.5. The van der Waals surface area contributed by atoms with Crippen molar-refractivity contribution in [2.24, 2.45) is 17.3 Å². The van der Waals surface area contributed by atoms with Crippen LogP contribution in [0, 0.1) is 17.3 Å². The number of carbonyl (C=O) groups is 2. The Balaban J connectivity index is 1.61. The average molecular weight is 301 g/mol. The molecular weight excluding hydrogens is 282 g/mol. The van der Waals surface area contributed by atoms with Gasteiger partial charge in [-0.05, 0) is 50.4 Å². The minimum atomic E-state index is -0.695. The highest BCUT2D eigenvalue weighted by atomic mass is 16.4.